The zero-order valence-corrected chi connectivity index (χ0v) is 13.9. The predicted molar refractivity (Wildman–Crippen MR) is 84.0 cm³/mol. The summed E-state index contributed by atoms with van der Waals surface area (Å²) < 4.78 is 6.52. The quantitative estimate of drug-likeness (QED) is 0.855. The number of aromatic nitrogens is 2. The summed E-state index contributed by atoms with van der Waals surface area (Å²) in [6.45, 7) is 4.02. The first-order valence-corrected chi connectivity index (χ1v) is 8.08. The van der Waals surface area contributed by atoms with Crippen molar-refractivity contribution in [2.75, 3.05) is 0 Å². The average molecular weight is 365 g/mol. The smallest absolute Gasteiger partial charge is 0.244 e. The average Bonchev–Trinajstić information content (AvgIpc) is 3.01. The number of ether oxygens (including phenoxy) is 1. The predicted octanol–water partition coefficient (Wildman–Crippen LogP) is 3.32. The topological polar surface area (TPSA) is 87.7 Å². The number of aryl methyl sites for hydroxylation is 2. The number of aromatic amines is 1. The third-order valence-corrected chi connectivity index (χ3v) is 5.83. The van der Waals surface area contributed by atoms with Crippen LogP contribution in [0, 0.1) is 18.3 Å². The van der Waals surface area contributed by atoms with E-state index in [0.29, 0.717) is 11.5 Å². The Balaban J connectivity index is 2.22. The number of fused-ring (bicyclic) bond motifs is 1. The van der Waals surface area contributed by atoms with Crippen LogP contribution in [0.2, 0.25) is 0 Å². The number of hydrogen-bond donors (Lipinski definition) is 2. The molecule has 0 amide bonds. The van der Waals surface area contributed by atoms with Gasteiger partial charge in [-0.1, -0.05) is 6.92 Å². The van der Waals surface area contributed by atoms with Gasteiger partial charge in [-0.25, -0.2) is 0 Å². The fraction of sp³-hybridized carbons (Fsp3) is 0.286. The van der Waals surface area contributed by atoms with Crippen LogP contribution >= 0.6 is 27.3 Å². The number of H-pyrrole nitrogens is 1. The second-order valence-corrected chi connectivity index (χ2v) is 6.79. The Bertz CT molecular complexity index is 783. The van der Waals surface area contributed by atoms with E-state index in [9.17, 15) is 5.26 Å². The molecule has 3 rings (SSSR count). The van der Waals surface area contributed by atoms with Crippen LogP contribution in [0.1, 0.15) is 33.9 Å². The van der Waals surface area contributed by atoms with Gasteiger partial charge in [0.15, 0.2) is 0 Å². The first kappa shape index (κ1) is 14.2. The van der Waals surface area contributed by atoms with Crippen molar-refractivity contribution in [1.82, 2.24) is 10.2 Å². The molecule has 2 aromatic rings. The second kappa shape index (κ2) is 5.20. The van der Waals surface area contributed by atoms with Crippen LogP contribution in [0.4, 0.5) is 0 Å². The van der Waals surface area contributed by atoms with Gasteiger partial charge in [-0.15, -0.1) is 16.4 Å². The van der Waals surface area contributed by atoms with Crippen LogP contribution in [0.15, 0.2) is 22.0 Å². The van der Waals surface area contributed by atoms with E-state index in [1.165, 1.54) is 4.88 Å². The molecule has 0 fully saturated rings. The largest absolute Gasteiger partial charge is 0.420 e. The molecule has 0 aliphatic carbocycles. The van der Waals surface area contributed by atoms with Gasteiger partial charge in [0.05, 0.1) is 11.5 Å². The molecular weight excluding hydrogens is 352 g/mol. The van der Waals surface area contributed by atoms with Crippen molar-refractivity contribution in [3.63, 3.8) is 0 Å². The normalized spacial score (nSPS) is 17.3. The summed E-state index contributed by atoms with van der Waals surface area (Å²) in [5.41, 5.74) is 8.10. The molecule has 3 N–H and O–H groups in total. The van der Waals surface area contributed by atoms with E-state index in [-0.39, 0.29) is 11.8 Å². The molecule has 0 bridgehead atoms. The van der Waals surface area contributed by atoms with Gasteiger partial charge < -0.3 is 10.5 Å². The maximum Gasteiger partial charge on any atom is 0.244 e. The Hall–Kier alpha value is -1.78. The highest BCUT2D eigenvalue weighted by Gasteiger charge is 2.35. The van der Waals surface area contributed by atoms with Gasteiger partial charge in [0.2, 0.25) is 11.8 Å². The lowest BCUT2D eigenvalue weighted by molar-refractivity contribution is 0.379. The SMILES string of the molecule is CCc1sc(C2C(C#N)=C(N)Oc3n[nH]c(C)c32)cc1Br. The number of nitrogens with two attached hydrogens (primary N) is 1. The number of nitriles is 1. The zero-order valence-electron chi connectivity index (χ0n) is 11.5. The van der Waals surface area contributed by atoms with E-state index in [1.54, 1.807) is 11.3 Å². The third kappa shape index (κ3) is 2.15. The molecule has 1 unspecified atom stereocenters. The van der Waals surface area contributed by atoms with Crippen LogP contribution in [0.3, 0.4) is 0 Å². The van der Waals surface area contributed by atoms with E-state index < -0.39 is 0 Å². The van der Waals surface area contributed by atoms with Gasteiger partial charge in [0.25, 0.3) is 0 Å². The summed E-state index contributed by atoms with van der Waals surface area (Å²) in [6, 6.07) is 4.24. The number of allylic oxidation sites excluding steroid dienone is 1. The molecule has 1 aliphatic heterocycles. The molecule has 1 atom stereocenters. The summed E-state index contributed by atoms with van der Waals surface area (Å²) in [5.74, 6) is 0.361. The first-order valence-electron chi connectivity index (χ1n) is 6.47. The Kier molecular flexibility index (Phi) is 3.51. The standard InChI is InChI=1S/C14H13BrN4OS/c1-3-9-8(15)4-10(21-9)12-7(5-16)13(17)20-14-11(12)6(2)18-19-14/h4,12H,3,17H2,1-2H3,(H,18,19). The van der Waals surface area contributed by atoms with Crippen LogP contribution < -0.4 is 10.5 Å². The van der Waals surface area contributed by atoms with Crippen molar-refractivity contribution >= 4 is 27.3 Å². The molecule has 0 spiro atoms. The van der Waals surface area contributed by atoms with Gasteiger partial charge in [0.1, 0.15) is 11.6 Å². The molecule has 3 heterocycles. The Morgan fingerprint density at radius 1 is 1.62 bits per heavy atom. The lowest BCUT2D eigenvalue weighted by atomic mass is 9.89. The molecule has 21 heavy (non-hydrogen) atoms. The van der Waals surface area contributed by atoms with E-state index >= 15 is 0 Å². The molecule has 0 aromatic carbocycles. The van der Waals surface area contributed by atoms with Gasteiger partial charge in [-0.2, -0.15) is 5.26 Å². The fourth-order valence-corrected chi connectivity index (χ4v) is 4.53. The van der Waals surface area contributed by atoms with E-state index in [1.807, 2.05) is 6.92 Å². The molecule has 0 radical (unpaired) electrons. The van der Waals surface area contributed by atoms with Gasteiger partial charge >= 0.3 is 0 Å². The minimum Gasteiger partial charge on any atom is -0.420 e. The molecule has 7 heteroatoms. The summed E-state index contributed by atoms with van der Waals surface area (Å²) in [7, 11) is 0. The number of nitrogens with one attached hydrogen (secondary N) is 1. The van der Waals surface area contributed by atoms with E-state index in [0.717, 1.165) is 27.0 Å². The third-order valence-electron chi connectivity index (χ3n) is 3.51. The van der Waals surface area contributed by atoms with Crippen molar-refractivity contribution in [3.8, 4) is 11.9 Å². The maximum absolute atomic E-state index is 9.47. The molecule has 108 valence electrons. The molecule has 1 aliphatic rings. The first-order chi connectivity index (χ1) is 10.1. The second-order valence-electron chi connectivity index (χ2n) is 4.77. The van der Waals surface area contributed by atoms with Gasteiger partial charge in [-0.3, -0.25) is 5.10 Å². The maximum atomic E-state index is 9.47. The Labute approximate surface area is 134 Å². The summed E-state index contributed by atoms with van der Waals surface area (Å²) in [4.78, 5) is 2.31. The van der Waals surface area contributed by atoms with Crippen molar-refractivity contribution in [2.24, 2.45) is 5.73 Å². The van der Waals surface area contributed by atoms with Crippen LogP contribution in [0.25, 0.3) is 0 Å². The molecular formula is C14H13BrN4OS. The van der Waals surface area contributed by atoms with Crippen molar-refractivity contribution in [1.29, 1.82) is 5.26 Å². The Morgan fingerprint density at radius 2 is 2.38 bits per heavy atom. The number of halogens is 1. The lowest BCUT2D eigenvalue weighted by Gasteiger charge is -2.22. The summed E-state index contributed by atoms with van der Waals surface area (Å²) in [6.07, 6.45) is 0.937. The monoisotopic (exact) mass is 364 g/mol. The highest BCUT2D eigenvalue weighted by atomic mass is 79.9. The molecule has 2 aromatic heterocycles. The molecule has 5 nitrogen and oxygen atoms in total. The highest BCUT2D eigenvalue weighted by Crippen LogP contribution is 2.46. The minimum atomic E-state index is -0.223. The molecule has 0 saturated heterocycles. The minimum absolute atomic E-state index is 0.129. The summed E-state index contributed by atoms with van der Waals surface area (Å²) in [5, 5.41) is 16.5. The van der Waals surface area contributed by atoms with E-state index in [2.05, 4.69) is 45.2 Å². The van der Waals surface area contributed by atoms with Crippen LogP contribution in [-0.2, 0) is 6.42 Å². The number of hydrogen-bond acceptors (Lipinski definition) is 5. The zero-order chi connectivity index (χ0) is 15.1. The van der Waals surface area contributed by atoms with Crippen molar-refractivity contribution in [2.45, 2.75) is 26.2 Å². The molecule has 0 saturated carbocycles. The number of nitrogens with zero attached hydrogens (tertiary/aromatic N) is 2. The lowest BCUT2D eigenvalue weighted by Crippen LogP contribution is -2.20. The Morgan fingerprint density at radius 3 is 3.00 bits per heavy atom. The van der Waals surface area contributed by atoms with Crippen molar-refractivity contribution in [3.05, 3.63) is 43.0 Å². The van der Waals surface area contributed by atoms with E-state index in [4.69, 9.17) is 10.5 Å². The highest BCUT2D eigenvalue weighted by molar-refractivity contribution is 9.10. The number of thiophene rings is 1. The van der Waals surface area contributed by atoms with Crippen LogP contribution in [-0.4, -0.2) is 10.2 Å². The van der Waals surface area contributed by atoms with Crippen LogP contribution in [0.5, 0.6) is 5.88 Å². The van der Waals surface area contributed by atoms with Gasteiger partial charge in [0, 0.05) is 19.9 Å². The number of rotatable bonds is 2. The summed E-state index contributed by atoms with van der Waals surface area (Å²) >= 11 is 5.25. The fourth-order valence-electron chi connectivity index (χ4n) is 2.49. The van der Waals surface area contributed by atoms with Gasteiger partial charge in [-0.05, 0) is 35.3 Å². The van der Waals surface area contributed by atoms with Crippen molar-refractivity contribution < 1.29 is 4.74 Å².